The Balaban J connectivity index is 3.08. The van der Waals surface area contributed by atoms with Crippen LogP contribution in [-0.4, -0.2) is 175 Å². The van der Waals surface area contributed by atoms with Crippen molar-refractivity contribution in [1.82, 2.24) is 5.32 Å². The molecule has 16 nitrogen and oxygen atoms in total. The average Bonchev–Trinajstić information content (AvgIpc) is 3.03. The lowest BCUT2D eigenvalue weighted by molar-refractivity contribution is -0.138. The lowest BCUT2D eigenvalue weighted by Gasteiger charge is -2.09. The van der Waals surface area contributed by atoms with Crippen LogP contribution < -0.4 is 11.1 Å². The molecule has 268 valence electrons. The van der Waals surface area contributed by atoms with Crippen molar-refractivity contribution in [3.8, 4) is 0 Å². The van der Waals surface area contributed by atoms with E-state index in [4.69, 9.17) is 62.9 Å². The van der Waals surface area contributed by atoms with Crippen LogP contribution in [0.4, 0.5) is 0 Å². The van der Waals surface area contributed by atoms with E-state index in [2.05, 4.69) is 5.32 Å². The highest BCUT2D eigenvalue weighted by Gasteiger charge is 2.04. The van der Waals surface area contributed by atoms with Gasteiger partial charge in [-0.3, -0.25) is 9.59 Å². The molecule has 0 unspecified atom stereocenters. The number of carboxylic acid groups (broad SMARTS) is 1. The molecule has 1 amide bonds. The molecule has 0 atom stereocenters. The van der Waals surface area contributed by atoms with Crippen LogP contribution in [0.15, 0.2) is 0 Å². The highest BCUT2D eigenvalue weighted by molar-refractivity contribution is 5.80. The van der Waals surface area contributed by atoms with Crippen molar-refractivity contribution < 1.29 is 66.8 Å². The summed E-state index contributed by atoms with van der Waals surface area (Å²) in [6.07, 6.45) is 0.478. The van der Waals surface area contributed by atoms with Crippen LogP contribution in [0, 0.1) is 0 Å². The summed E-state index contributed by atoms with van der Waals surface area (Å²) in [7, 11) is 0. The van der Waals surface area contributed by atoms with E-state index in [0.717, 1.165) is 0 Å². The fourth-order valence-corrected chi connectivity index (χ4v) is 3.10. The molecule has 0 aliphatic heterocycles. The standard InChI is InChI=1S/C29H58N2O14/c30-4-7-36-9-11-38-13-15-40-17-19-42-21-23-44-25-27-45-26-24-43-22-20-41-18-16-39-14-12-37-10-8-35-6-1-5-31-28(32)2-3-29(33)34/h1-27,30H2,(H,31,32)(H,33,34). The van der Waals surface area contributed by atoms with Crippen LogP contribution >= 0.6 is 0 Å². The maximum atomic E-state index is 11.4. The number of nitrogens with two attached hydrogens (primary N) is 1. The normalized spacial score (nSPS) is 11.3. The highest BCUT2D eigenvalue weighted by Crippen LogP contribution is 1.90. The van der Waals surface area contributed by atoms with Crippen molar-refractivity contribution in [2.45, 2.75) is 19.3 Å². The van der Waals surface area contributed by atoms with Crippen LogP contribution in [0.2, 0.25) is 0 Å². The molecule has 0 fully saturated rings. The molecule has 45 heavy (non-hydrogen) atoms. The van der Waals surface area contributed by atoms with Crippen LogP contribution in [0.3, 0.4) is 0 Å². The largest absolute Gasteiger partial charge is 0.481 e. The maximum Gasteiger partial charge on any atom is 0.303 e. The monoisotopic (exact) mass is 658 g/mol. The van der Waals surface area contributed by atoms with Crippen LogP contribution in [0.1, 0.15) is 19.3 Å². The Morgan fingerprint density at radius 2 is 0.689 bits per heavy atom. The smallest absolute Gasteiger partial charge is 0.303 e. The van der Waals surface area contributed by atoms with E-state index in [1.54, 1.807) is 0 Å². The van der Waals surface area contributed by atoms with E-state index < -0.39 is 5.97 Å². The zero-order chi connectivity index (χ0) is 32.7. The zero-order valence-electron chi connectivity index (χ0n) is 26.9. The number of aliphatic carboxylic acids is 1. The van der Waals surface area contributed by atoms with Crippen molar-refractivity contribution in [3.63, 3.8) is 0 Å². The maximum absolute atomic E-state index is 11.4. The summed E-state index contributed by atoms with van der Waals surface area (Å²) < 4.78 is 59.5. The molecule has 0 saturated carbocycles. The van der Waals surface area contributed by atoms with Crippen LogP contribution in [0.5, 0.6) is 0 Å². The minimum absolute atomic E-state index is 0.0101. The SMILES string of the molecule is NCCOCCOCCOCCOCCOCCOCCOCCOCCOCCOCCOCCCNC(=O)CCC(=O)O. The van der Waals surface area contributed by atoms with Crippen molar-refractivity contribution in [3.05, 3.63) is 0 Å². The van der Waals surface area contributed by atoms with Gasteiger partial charge in [-0.25, -0.2) is 0 Å². The summed E-state index contributed by atoms with van der Waals surface area (Å²) in [5.74, 6) is -1.25. The molecule has 0 aromatic carbocycles. The molecule has 4 N–H and O–H groups in total. The van der Waals surface area contributed by atoms with Gasteiger partial charge in [-0.15, -0.1) is 0 Å². The lowest BCUT2D eigenvalue weighted by atomic mass is 10.3. The van der Waals surface area contributed by atoms with Crippen LogP contribution in [0.25, 0.3) is 0 Å². The molecule has 16 heteroatoms. The van der Waals surface area contributed by atoms with E-state index in [1.807, 2.05) is 0 Å². The Morgan fingerprint density at radius 1 is 0.422 bits per heavy atom. The van der Waals surface area contributed by atoms with Gasteiger partial charge in [0.25, 0.3) is 0 Å². The molecule has 0 aromatic rings. The molecule has 0 aliphatic carbocycles. The number of hydrogen-bond donors (Lipinski definition) is 3. The van der Waals surface area contributed by atoms with Crippen LogP contribution in [-0.2, 0) is 61.7 Å². The van der Waals surface area contributed by atoms with Gasteiger partial charge < -0.3 is 68.3 Å². The number of amides is 1. The number of rotatable bonds is 39. The lowest BCUT2D eigenvalue weighted by Crippen LogP contribution is -2.25. The predicted molar refractivity (Wildman–Crippen MR) is 163 cm³/mol. The third-order valence-corrected chi connectivity index (χ3v) is 5.34. The van der Waals surface area contributed by atoms with E-state index in [9.17, 15) is 9.59 Å². The van der Waals surface area contributed by atoms with E-state index in [1.165, 1.54) is 0 Å². The minimum Gasteiger partial charge on any atom is -0.481 e. The molecule has 0 aromatic heterocycles. The summed E-state index contributed by atoms with van der Waals surface area (Å²) in [5, 5.41) is 11.2. The first-order valence-electron chi connectivity index (χ1n) is 15.7. The van der Waals surface area contributed by atoms with Crippen molar-refractivity contribution in [1.29, 1.82) is 0 Å². The first-order chi connectivity index (χ1) is 22.2. The second kappa shape index (κ2) is 38.6. The zero-order valence-corrected chi connectivity index (χ0v) is 26.9. The topological polar surface area (TPSA) is 194 Å². The summed E-state index contributed by atoms with van der Waals surface area (Å²) in [4.78, 5) is 21.7. The van der Waals surface area contributed by atoms with Gasteiger partial charge in [0.2, 0.25) is 5.91 Å². The highest BCUT2D eigenvalue weighted by atomic mass is 16.6. The Kier molecular flexibility index (Phi) is 37.3. The number of carboxylic acids is 1. The summed E-state index contributed by atoms with van der Waals surface area (Å²) >= 11 is 0. The Hall–Kier alpha value is -1.54. The fraction of sp³-hybridized carbons (Fsp3) is 0.931. The molecule has 0 rings (SSSR count). The molecule has 0 radical (unpaired) electrons. The number of hydrogen-bond acceptors (Lipinski definition) is 14. The van der Waals surface area contributed by atoms with E-state index in [0.29, 0.717) is 165 Å². The third kappa shape index (κ3) is 40.4. The summed E-state index contributed by atoms with van der Waals surface area (Å²) in [5.41, 5.74) is 5.32. The van der Waals surface area contributed by atoms with Gasteiger partial charge >= 0.3 is 5.97 Å². The summed E-state index contributed by atoms with van der Waals surface area (Å²) in [6.45, 7) is 11.9. The van der Waals surface area contributed by atoms with Crippen molar-refractivity contribution in [2.75, 3.05) is 158 Å². The van der Waals surface area contributed by atoms with Crippen molar-refractivity contribution >= 4 is 11.9 Å². The quantitative estimate of drug-likeness (QED) is 0.0715. The minimum atomic E-state index is -0.983. The number of ether oxygens (including phenoxy) is 11. The molecular weight excluding hydrogens is 600 g/mol. The summed E-state index contributed by atoms with van der Waals surface area (Å²) in [6, 6.07) is 0. The second-order valence-electron chi connectivity index (χ2n) is 9.12. The third-order valence-electron chi connectivity index (χ3n) is 5.34. The van der Waals surface area contributed by atoms with Gasteiger partial charge in [0.15, 0.2) is 0 Å². The van der Waals surface area contributed by atoms with Gasteiger partial charge in [0, 0.05) is 26.1 Å². The molecule has 0 saturated heterocycles. The van der Waals surface area contributed by atoms with E-state index in [-0.39, 0.29) is 18.7 Å². The van der Waals surface area contributed by atoms with E-state index >= 15 is 0 Å². The van der Waals surface area contributed by atoms with Crippen molar-refractivity contribution in [2.24, 2.45) is 5.73 Å². The first-order valence-corrected chi connectivity index (χ1v) is 15.7. The molecule has 0 bridgehead atoms. The average molecular weight is 659 g/mol. The number of carbonyl (C=O) groups excluding carboxylic acids is 1. The molecule has 0 heterocycles. The van der Waals surface area contributed by atoms with Gasteiger partial charge in [0.1, 0.15) is 0 Å². The Labute approximate surface area is 267 Å². The fourth-order valence-electron chi connectivity index (χ4n) is 3.10. The molecular formula is C29H58N2O14. The molecule has 0 spiro atoms. The Bertz CT molecular complexity index is 622. The van der Waals surface area contributed by atoms with Gasteiger partial charge in [0.05, 0.1) is 145 Å². The molecule has 0 aliphatic rings. The number of carbonyl (C=O) groups is 2. The van der Waals surface area contributed by atoms with Gasteiger partial charge in [-0.1, -0.05) is 0 Å². The van der Waals surface area contributed by atoms with Gasteiger partial charge in [-0.05, 0) is 6.42 Å². The van der Waals surface area contributed by atoms with Gasteiger partial charge in [-0.2, -0.15) is 0 Å². The number of nitrogens with one attached hydrogen (secondary N) is 1. The first kappa shape index (κ1) is 43.5. The predicted octanol–water partition coefficient (Wildman–Crippen LogP) is -0.501. The second-order valence-corrected chi connectivity index (χ2v) is 9.12. The Morgan fingerprint density at radius 3 is 0.956 bits per heavy atom.